The highest BCUT2D eigenvalue weighted by molar-refractivity contribution is 5.72. The topological polar surface area (TPSA) is 78.9 Å². The van der Waals surface area contributed by atoms with Crippen molar-refractivity contribution in [2.24, 2.45) is 0 Å². The highest BCUT2D eigenvalue weighted by Gasteiger charge is 2.19. The van der Waals surface area contributed by atoms with Gasteiger partial charge in [0.2, 0.25) is 0 Å². The number of ether oxygens (including phenoxy) is 3. The van der Waals surface area contributed by atoms with Crippen molar-refractivity contribution in [1.29, 1.82) is 0 Å². The molecule has 0 aliphatic heterocycles. The maximum atomic E-state index is 12.8. The van der Waals surface area contributed by atoms with Crippen LogP contribution >= 0.6 is 0 Å². The Kier molecular flexibility index (Phi) is 61.6. The van der Waals surface area contributed by atoms with Crippen molar-refractivity contribution < 1.29 is 28.6 Å². The first-order chi connectivity index (χ1) is 40.0. The first-order valence-electron chi connectivity index (χ1n) is 31.6. The van der Waals surface area contributed by atoms with Crippen LogP contribution in [0.2, 0.25) is 0 Å². The molecule has 0 saturated carbocycles. The number of unbranched alkanes of at least 4 members (excludes halogenated alkanes) is 10. The van der Waals surface area contributed by atoms with Crippen LogP contribution in [0.3, 0.4) is 0 Å². The van der Waals surface area contributed by atoms with E-state index in [0.29, 0.717) is 19.3 Å². The van der Waals surface area contributed by atoms with Gasteiger partial charge in [-0.15, -0.1) is 0 Å². The molecule has 0 heterocycles. The molecule has 0 fully saturated rings. The summed E-state index contributed by atoms with van der Waals surface area (Å²) >= 11 is 0. The molecule has 6 nitrogen and oxygen atoms in total. The van der Waals surface area contributed by atoms with Gasteiger partial charge in [0, 0.05) is 12.8 Å². The van der Waals surface area contributed by atoms with E-state index in [1.807, 2.05) is 6.08 Å². The molecule has 0 aliphatic carbocycles. The van der Waals surface area contributed by atoms with Crippen LogP contribution in [0, 0.1) is 0 Å². The zero-order chi connectivity index (χ0) is 58.5. The molecule has 0 aromatic rings. The quantitative estimate of drug-likeness (QED) is 0.0261. The van der Waals surface area contributed by atoms with Crippen LogP contribution < -0.4 is 0 Å². The van der Waals surface area contributed by atoms with E-state index < -0.39 is 12.1 Å². The summed E-state index contributed by atoms with van der Waals surface area (Å²) < 4.78 is 16.7. The van der Waals surface area contributed by atoms with Gasteiger partial charge in [-0.3, -0.25) is 14.4 Å². The minimum Gasteiger partial charge on any atom is -0.462 e. The second kappa shape index (κ2) is 66.5. The molecule has 0 spiro atoms. The SMILES string of the molecule is CC/C=C\C/C=C\C/C=C\C/C=C\C/C=C\C/C=C\C/C=C\C/C=C\C/C=C\CCCCCCCC(=O)OCC(COC(=O)CCCCCCC/C=C\C/C=C\C/C=C\CC)OC(=O)C/C=C\C/C=C\C/C=C\C/C=C\C/C=C\CC. The summed E-state index contributed by atoms with van der Waals surface area (Å²) in [5.74, 6) is -1.12. The van der Waals surface area contributed by atoms with Crippen molar-refractivity contribution in [3.05, 3.63) is 207 Å². The Hall–Kier alpha value is -6.01. The summed E-state index contributed by atoms with van der Waals surface area (Å²) in [6.07, 6.45) is 103. The van der Waals surface area contributed by atoms with E-state index in [1.165, 1.54) is 0 Å². The predicted molar refractivity (Wildman–Crippen MR) is 352 cm³/mol. The van der Waals surface area contributed by atoms with Gasteiger partial charge in [-0.05, 0) is 148 Å². The van der Waals surface area contributed by atoms with E-state index >= 15 is 0 Å². The Bertz CT molecular complexity index is 2000. The molecule has 0 aromatic heterocycles. The van der Waals surface area contributed by atoms with Crippen molar-refractivity contribution in [2.75, 3.05) is 13.2 Å². The fourth-order valence-corrected chi connectivity index (χ4v) is 7.70. The summed E-state index contributed by atoms with van der Waals surface area (Å²) in [5, 5.41) is 0. The molecule has 0 amide bonds. The Morgan fingerprint density at radius 2 is 0.481 bits per heavy atom. The number of esters is 3. The van der Waals surface area contributed by atoms with Crippen molar-refractivity contribution >= 4 is 17.9 Å². The molecule has 0 radical (unpaired) electrons. The highest BCUT2D eigenvalue weighted by Crippen LogP contribution is 2.12. The molecular weight excluding hydrogens is 997 g/mol. The molecule has 1 atom stereocenters. The number of rotatable bonds is 54. The molecule has 0 bridgehead atoms. The fourth-order valence-electron chi connectivity index (χ4n) is 7.70. The van der Waals surface area contributed by atoms with Gasteiger partial charge in [0.05, 0.1) is 6.42 Å². The first-order valence-corrected chi connectivity index (χ1v) is 31.6. The first kappa shape index (κ1) is 75.0. The predicted octanol–water partition coefficient (Wildman–Crippen LogP) is 22.0. The number of carbonyl (C=O) groups excluding carboxylic acids is 3. The molecule has 1 unspecified atom stereocenters. The van der Waals surface area contributed by atoms with E-state index in [0.717, 1.165) is 180 Å². The van der Waals surface area contributed by atoms with Gasteiger partial charge >= 0.3 is 17.9 Å². The number of carbonyl (C=O) groups is 3. The van der Waals surface area contributed by atoms with Crippen LogP contribution in [-0.4, -0.2) is 37.2 Å². The lowest BCUT2D eigenvalue weighted by Gasteiger charge is -2.18. The standard InChI is InChI=1S/C75H112O6/c1-4-7-10-13-16-19-22-25-28-29-30-31-32-33-34-35-36-37-38-39-40-41-42-43-44-45-48-50-53-56-59-62-65-68-74(77)80-71-72(81-75(78)69-66-63-60-57-54-51-47-27-24-21-18-15-12-9-6-3)70-79-73(76)67-64-61-58-55-52-49-46-26-23-20-17-14-11-8-5-2/h7-12,16-21,25-28,30-31,33-34,36-37,39-40,42-43,45-48,54,57,63,66,72H,4-6,13-15,22-24,29,32,35,38,41,44,49-53,55-56,58-62,64-65,67-71H2,1-3H3/b10-7-,11-8-,12-9-,19-16-,20-17-,21-18-,28-25-,31-30-,34-33-,37-36-,40-39-,43-42-,46-26-,47-27-,48-45-,57-54-,66-63-. The molecule has 6 heteroatoms. The summed E-state index contributed by atoms with van der Waals surface area (Å²) in [4.78, 5) is 38.2. The minimum atomic E-state index is -0.862. The molecule has 0 aliphatic rings. The lowest BCUT2D eigenvalue weighted by molar-refractivity contribution is -0.166. The number of hydrogen-bond acceptors (Lipinski definition) is 6. The van der Waals surface area contributed by atoms with Gasteiger partial charge in [0.15, 0.2) is 6.10 Å². The number of hydrogen-bond donors (Lipinski definition) is 0. The second-order valence-corrected chi connectivity index (χ2v) is 19.8. The van der Waals surface area contributed by atoms with E-state index in [4.69, 9.17) is 14.2 Å². The average molecular weight is 1110 g/mol. The lowest BCUT2D eigenvalue weighted by Crippen LogP contribution is -2.30. The zero-order valence-corrected chi connectivity index (χ0v) is 51.2. The fraction of sp³-hybridized carbons (Fsp3) is 0.507. The van der Waals surface area contributed by atoms with Gasteiger partial charge in [0.25, 0.3) is 0 Å². The van der Waals surface area contributed by atoms with Crippen molar-refractivity contribution in [1.82, 2.24) is 0 Å². The third kappa shape index (κ3) is 64.7. The maximum absolute atomic E-state index is 12.8. The largest absolute Gasteiger partial charge is 0.462 e. The van der Waals surface area contributed by atoms with E-state index in [2.05, 4.69) is 215 Å². The van der Waals surface area contributed by atoms with Crippen molar-refractivity contribution in [2.45, 2.75) is 232 Å². The molecule has 0 rings (SSSR count). The van der Waals surface area contributed by atoms with Crippen molar-refractivity contribution in [3.63, 3.8) is 0 Å². The van der Waals surface area contributed by atoms with Gasteiger partial charge in [-0.2, -0.15) is 0 Å². The second-order valence-electron chi connectivity index (χ2n) is 19.8. The number of allylic oxidation sites excluding steroid dienone is 33. The third-order valence-corrected chi connectivity index (χ3v) is 12.3. The van der Waals surface area contributed by atoms with Crippen LogP contribution in [0.25, 0.3) is 0 Å². The molecule has 0 aromatic carbocycles. The normalized spacial score (nSPS) is 13.6. The van der Waals surface area contributed by atoms with Gasteiger partial charge in [0.1, 0.15) is 13.2 Å². The molecule has 81 heavy (non-hydrogen) atoms. The summed E-state index contributed by atoms with van der Waals surface area (Å²) in [6.45, 7) is 6.16. The summed E-state index contributed by atoms with van der Waals surface area (Å²) in [5.41, 5.74) is 0. The maximum Gasteiger partial charge on any atom is 0.310 e. The highest BCUT2D eigenvalue weighted by atomic mass is 16.6. The van der Waals surface area contributed by atoms with Crippen LogP contribution in [-0.2, 0) is 28.6 Å². The minimum absolute atomic E-state index is 0.0770. The third-order valence-electron chi connectivity index (χ3n) is 12.3. The van der Waals surface area contributed by atoms with E-state index in [9.17, 15) is 14.4 Å². The molecule has 448 valence electrons. The monoisotopic (exact) mass is 1110 g/mol. The smallest absolute Gasteiger partial charge is 0.310 e. The summed E-state index contributed by atoms with van der Waals surface area (Å²) in [7, 11) is 0. The Balaban J connectivity index is 4.45. The van der Waals surface area contributed by atoms with Crippen LogP contribution in [0.1, 0.15) is 226 Å². The van der Waals surface area contributed by atoms with Crippen LogP contribution in [0.4, 0.5) is 0 Å². The zero-order valence-electron chi connectivity index (χ0n) is 51.2. The van der Waals surface area contributed by atoms with Gasteiger partial charge < -0.3 is 14.2 Å². The van der Waals surface area contributed by atoms with Gasteiger partial charge in [-0.1, -0.05) is 266 Å². The summed E-state index contributed by atoms with van der Waals surface area (Å²) in [6, 6.07) is 0. The molecular formula is C75H112O6. The Labute approximate surface area is 496 Å². The molecule has 0 N–H and O–H groups in total. The van der Waals surface area contributed by atoms with Crippen LogP contribution in [0.5, 0.6) is 0 Å². The van der Waals surface area contributed by atoms with Crippen molar-refractivity contribution in [3.8, 4) is 0 Å². The van der Waals surface area contributed by atoms with Crippen LogP contribution in [0.15, 0.2) is 207 Å². The molecule has 0 saturated heterocycles. The average Bonchev–Trinajstić information content (AvgIpc) is 3.47. The van der Waals surface area contributed by atoms with E-state index in [1.54, 1.807) is 6.08 Å². The van der Waals surface area contributed by atoms with E-state index in [-0.39, 0.29) is 31.6 Å². The van der Waals surface area contributed by atoms with Gasteiger partial charge in [-0.25, -0.2) is 0 Å². The Morgan fingerprint density at radius 1 is 0.259 bits per heavy atom. The Morgan fingerprint density at radius 3 is 0.753 bits per heavy atom. The lowest BCUT2D eigenvalue weighted by atomic mass is 10.1.